The summed E-state index contributed by atoms with van der Waals surface area (Å²) in [4.78, 5) is 46.4. The molecule has 8 unspecified atom stereocenters. The van der Waals surface area contributed by atoms with Crippen molar-refractivity contribution in [1.29, 1.82) is 0 Å². The summed E-state index contributed by atoms with van der Waals surface area (Å²) < 4.78 is 19.6. The first-order valence-corrected chi connectivity index (χ1v) is 19.6. The van der Waals surface area contributed by atoms with Crippen LogP contribution >= 0.6 is 0 Å². The van der Waals surface area contributed by atoms with Crippen molar-refractivity contribution in [3.63, 3.8) is 0 Å². The Balaban J connectivity index is 0.000000128. The standard InChI is InChI=1S/2C16H14O4.C15H22/c2*1-11-3-9-14(10-4-11)20-16(18)13-7-5-12(6-8-13)15(17)19-2;1-2-10-11(3-1)13-7-12(10)14-8-4-5-9(6-8)15(13)14/h2*3-10H,1-2H3;8-15H,1-7H2. The number of esters is 4. The Morgan fingerprint density at radius 1 is 0.436 bits per heavy atom. The molecular weight excluding hydrogens is 693 g/mol. The SMILES string of the molecule is C1CC2C(C1)C1CC2C2C3CCC(C3)C12.COC(=O)c1ccc(C(=O)Oc2ccc(C)cc2)cc1.COC(=O)c1ccc(C(=O)Oc2ccc(C)cc2)cc1. The summed E-state index contributed by atoms with van der Waals surface area (Å²) >= 11 is 0. The Bertz CT molecular complexity index is 1840. The zero-order chi connectivity index (χ0) is 38.6. The number of methoxy groups -OCH3 is 2. The molecule has 4 bridgehead atoms. The largest absolute Gasteiger partial charge is 0.465 e. The first-order valence-electron chi connectivity index (χ1n) is 19.6. The van der Waals surface area contributed by atoms with Crippen LogP contribution in [0, 0.1) is 61.2 Å². The highest BCUT2D eigenvalue weighted by Crippen LogP contribution is 2.72. The zero-order valence-electron chi connectivity index (χ0n) is 32.1. The van der Waals surface area contributed by atoms with Crippen molar-refractivity contribution in [2.45, 2.75) is 58.8 Å². The molecule has 8 heteroatoms. The Kier molecular flexibility index (Phi) is 11.5. The number of hydrogen-bond donors (Lipinski definition) is 0. The quantitative estimate of drug-likeness (QED) is 0.109. The average Bonchev–Trinajstić information content (AvgIpc) is 4.06. The predicted octanol–water partition coefficient (Wildman–Crippen LogP) is 9.72. The van der Waals surface area contributed by atoms with E-state index in [4.69, 9.17) is 9.47 Å². The molecule has 5 saturated carbocycles. The first-order chi connectivity index (χ1) is 26.6. The second-order valence-electron chi connectivity index (χ2n) is 15.9. The smallest absolute Gasteiger partial charge is 0.343 e. The van der Waals surface area contributed by atoms with Crippen LogP contribution in [0.15, 0.2) is 97.1 Å². The molecule has 4 aromatic rings. The Hall–Kier alpha value is -5.24. The van der Waals surface area contributed by atoms with E-state index < -0.39 is 23.9 Å². The van der Waals surface area contributed by atoms with Crippen LogP contribution in [0.1, 0.15) is 97.5 Å². The number of ether oxygens (including phenoxy) is 4. The van der Waals surface area contributed by atoms with Gasteiger partial charge in [0.15, 0.2) is 0 Å². The fourth-order valence-electron chi connectivity index (χ4n) is 10.5. The summed E-state index contributed by atoms with van der Waals surface area (Å²) in [5.74, 6) is 8.93. The van der Waals surface area contributed by atoms with Crippen molar-refractivity contribution >= 4 is 23.9 Å². The fourth-order valence-corrected chi connectivity index (χ4v) is 10.5. The predicted molar refractivity (Wildman–Crippen MR) is 208 cm³/mol. The van der Waals surface area contributed by atoms with E-state index >= 15 is 0 Å². The molecule has 0 amide bonds. The van der Waals surface area contributed by atoms with Crippen molar-refractivity contribution in [3.05, 3.63) is 130 Å². The molecule has 9 rings (SSSR count). The van der Waals surface area contributed by atoms with E-state index in [1.165, 1.54) is 110 Å². The van der Waals surface area contributed by atoms with Gasteiger partial charge in [-0.05, 0) is 173 Å². The summed E-state index contributed by atoms with van der Waals surface area (Å²) in [6.45, 7) is 3.91. The van der Waals surface area contributed by atoms with Crippen molar-refractivity contribution in [2.24, 2.45) is 47.3 Å². The number of fused-ring (bicyclic) bond motifs is 12. The molecule has 5 fully saturated rings. The molecule has 0 spiro atoms. The molecule has 0 heterocycles. The molecule has 0 N–H and O–H groups in total. The lowest BCUT2D eigenvalue weighted by Crippen LogP contribution is -2.35. The molecule has 8 atom stereocenters. The number of carbonyl (C=O) groups is 4. The molecule has 0 radical (unpaired) electrons. The van der Waals surface area contributed by atoms with Crippen LogP contribution in [0.25, 0.3) is 0 Å². The van der Waals surface area contributed by atoms with Gasteiger partial charge in [0.1, 0.15) is 11.5 Å². The summed E-state index contributed by atoms with van der Waals surface area (Å²) in [6, 6.07) is 26.6. The minimum atomic E-state index is -0.467. The third-order valence-electron chi connectivity index (χ3n) is 12.9. The zero-order valence-corrected chi connectivity index (χ0v) is 32.1. The minimum absolute atomic E-state index is 0.373. The van der Waals surface area contributed by atoms with E-state index in [0.29, 0.717) is 33.8 Å². The van der Waals surface area contributed by atoms with E-state index in [1.807, 2.05) is 38.1 Å². The highest BCUT2D eigenvalue weighted by molar-refractivity contribution is 5.95. The third kappa shape index (κ3) is 8.24. The number of aryl methyl sites for hydroxylation is 2. The summed E-state index contributed by atoms with van der Waals surface area (Å²) in [7, 11) is 2.61. The Morgan fingerprint density at radius 2 is 0.782 bits per heavy atom. The van der Waals surface area contributed by atoms with Crippen molar-refractivity contribution in [1.82, 2.24) is 0 Å². The number of benzene rings is 4. The molecule has 8 nitrogen and oxygen atoms in total. The molecule has 4 aromatic carbocycles. The number of hydrogen-bond acceptors (Lipinski definition) is 8. The van der Waals surface area contributed by atoms with Crippen LogP contribution in [0.5, 0.6) is 11.5 Å². The van der Waals surface area contributed by atoms with E-state index in [0.717, 1.165) is 11.1 Å². The highest BCUT2D eigenvalue weighted by Gasteiger charge is 2.65. The van der Waals surface area contributed by atoms with E-state index in [2.05, 4.69) is 9.47 Å². The van der Waals surface area contributed by atoms with E-state index in [-0.39, 0.29) is 0 Å². The first kappa shape index (κ1) is 38.1. The van der Waals surface area contributed by atoms with Gasteiger partial charge in [0.2, 0.25) is 0 Å². The maximum Gasteiger partial charge on any atom is 0.343 e. The Labute approximate surface area is 323 Å². The van der Waals surface area contributed by atoms with Crippen LogP contribution in [-0.2, 0) is 9.47 Å². The lowest BCUT2D eigenvalue weighted by molar-refractivity contribution is 0.0591. The lowest BCUT2D eigenvalue weighted by atomic mass is 9.64. The van der Waals surface area contributed by atoms with Gasteiger partial charge in [-0.2, -0.15) is 0 Å². The van der Waals surface area contributed by atoms with Gasteiger partial charge in [-0.15, -0.1) is 0 Å². The van der Waals surface area contributed by atoms with Gasteiger partial charge in [0, 0.05) is 0 Å². The monoisotopic (exact) mass is 742 g/mol. The normalized spacial score (nSPS) is 26.0. The Morgan fingerprint density at radius 3 is 1.13 bits per heavy atom. The number of carbonyl (C=O) groups excluding carboxylic acids is 4. The van der Waals surface area contributed by atoms with Gasteiger partial charge < -0.3 is 18.9 Å². The minimum Gasteiger partial charge on any atom is -0.465 e. The van der Waals surface area contributed by atoms with Crippen molar-refractivity contribution in [2.75, 3.05) is 14.2 Å². The van der Waals surface area contributed by atoms with E-state index in [9.17, 15) is 19.2 Å². The molecule has 0 saturated heterocycles. The molecule has 286 valence electrons. The molecule has 0 aliphatic heterocycles. The highest BCUT2D eigenvalue weighted by atomic mass is 16.5. The second kappa shape index (κ2) is 16.6. The number of rotatable bonds is 6. The molecular formula is C47H50O8. The summed E-state index contributed by atoms with van der Waals surface area (Å²) in [5, 5.41) is 0. The third-order valence-corrected chi connectivity index (χ3v) is 12.9. The summed E-state index contributed by atoms with van der Waals surface area (Å²) in [5.41, 5.74) is 3.70. The van der Waals surface area contributed by atoms with Crippen LogP contribution in [-0.4, -0.2) is 38.1 Å². The summed E-state index contributed by atoms with van der Waals surface area (Å²) in [6.07, 6.45) is 11.4. The van der Waals surface area contributed by atoms with Crippen LogP contribution in [0.2, 0.25) is 0 Å². The molecule has 5 aliphatic carbocycles. The van der Waals surface area contributed by atoms with Crippen LogP contribution in [0.4, 0.5) is 0 Å². The maximum atomic E-state index is 11.9. The van der Waals surface area contributed by atoms with Crippen LogP contribution in [0.3, 0.4) is 0 Å². The lowest BCUT2D eigenvalue weighted by Gasteiger charge is -2.40. The van der Waals surface area contributed by atoms with Gasteiger partial charge in [-0.1, -0.05) is 41.8 Å². The maximum absolute atomic E-state index is 11.9. The van der Waals surface area contributed by atoms with Crippen molar-refractivity contribution < 1.29 is 38.1 Å². The van der Waals surface area contributed by atoms with Gasteiger partial charge in [-0.3, -0.25) is 0 Å². The fraction of sp³-hybridized carbons (Fsp3) is 0.404. The molecule has 5 aliphatic rings. The topological polar surface area (TPSA) is 105 Å². The molecule has 0 aromatic heterocycles. The van der Waals surface area contributed by atoms with Gasteiger partial charge >= 0.3 is 23.9 Å². The van der Waals surface area contributed by atoms with Gasteiger partial charge in [-0.25, -0.2) is 19.2 Å². The average molecular weight is 743 g/mol. The van der Waals surface area contributed by atoms with Gasteiger partial charge in [0.25, 0.3) is 0 Å². The van der Waals surface area contributed by atoms with Crippen molar-refractivity contribution in [3.8, 4) is 11.5 Å². The van der Waals surface area contributed by atoms with E-state index in [1.54, 1.807) is 69.2 Å². The van der Waals surface area contributed by atoms with Crippen LogP contribution < -0.4 is 9.47 Å². The second-order valence-corrected chi connectivity index (χ2v) is 15.9. The van der Waals surface area contributed by atoms with Gasteiger partial charge in [0.05, 0.1) is 36.5 Å². The molecule has 55 heavy (non-hydrogen) atoms.